The molecule has 0 unspecified atom stereocenters. The largest absolute Gasteiger partial charge is 0.465 e. The molecule has 1 heterocycles. The van der Waals surface area contributed by atoms with Crippen molar-refractivity contribution >= 4 is 17.9 Å². The third-order valence-corrected chi connectivity index (χ3v) is 1.63. The monoisotopic (exact) mass is 184 g/mol. The van der Waals surface area contributed by atoms with E-state index in [9.17, 15) is 4.79 Å². The van der Waals surface area contributed by atoms with Crippen molar-refractivity contribution in [2.75, 3.05) is 20.3 Å². The number of methoxy groups -OCH3 is 1. The average molecular weight is 184 g/mol. The van der Waals surface area contributed by atoms with Crippen LogP contribution in [0.3, 0.4) is 0 Å². The summed E-state index contributed by atoms with van der Waals surface area (Å²) in [7, 11) is 1.30. The fraction of sp³-hybridized carbons (Fsp3) is 0.625. The van der Waals surface area contributed by atoms with Crippen LogP contribution in [0.15, 0.2) is 10.2 Å². The van der Waals surface area contributed by atoms with Gasteiger partial charge in [-0.1, -0.05) is 0 Å². The minimum absolute atomic E-state index is 0.489. The molecule has 13 heavy (non-hydrogen) atoms. The molecule has 1 rings (SSSR count). The molecule has 0 radical (unpaired) electrons. The Balaban J connectivity index is 2.37. The zero-order valence-electron chi connectivity index (χ0n) is 7.52. The maximum atomic E-state index is 10.6. The molecule has 72 valence electrons. The van der Waals surface area contributed by atoms with E-state index in [1.807, 2.05) is 0 Å². The number of hydrogen-bond acceptors (Lipinski definition) is 5. The highest BCUT2D eigenvalue weighted by Gasteiger charge is 2.05. The van der Waals surface area contributed by atoms with Gasteiger partial charge >= 0.3 is 5.97 Å². The van der Waals surface area contributed by atoms with E-state index >= 15 is 0 Å². The van der Waals surface area contributed by atoms with Crippen LogP contribution in [0.4, 0.5) is 0 Å². The highest BCUT2D eigenvalue weighted by molar-refractivity contribution is 6.23. The van der Waals surface area contributed by atoms with Gasteiger partial charge in [0.25, 0.3) is 0 Å². The molecule has 0 aliphatic carbocycles. The summed E-state index contributed by atoms with van der Waals surface area (Å²) in [5.74, 6) is -0.489. The smallest absolute Gasteiger partial charge is 0.351 e. The summed E-state index contributed by atoms with van der Waals surface area (Å²) >= 11 is 0. The highest BCUT2D eigenvalue weighted by atomic mass is 16.5. The Bertz CT molecular complexity index is 228. The molecule has 0 spiro atoms. The third kappa shape index (κ3) is 3.80. The minimum atomic E-state index is -0.489. The maximum Gasteiger partial charge on any atom is 0.351 e. The normalized spacial score (nSPS) is 17.5. The number of ether oxygens (including phenoxy) is 2. The van der Waals surface area contributed by atoms with Crippen molar-refractivity contribution in [3.8, 4) is 0 Å². The van der Waals surface area contributed by atoms with Crippen LogP contribution in [-0.2, 0) is 14.3 Å². The van der Waals surface area contributed by atoms with Gasteiger partial charge in [-0.3, -0.25) is 0 Å². The molecule has 1 fully saturated rings. The summed E-state index contributed by atoms with van der Waals surface area (Å²) in [6.07, 6.45) is 2.64. The zero-order valence-corrected chi connectivity index (χ0v) is 7.52. The van der Waals surface area contributed by atoms with Crippen molar-refractivity contribution in [1.29, 1.82) is 0 Å². The number of nitrogens with zero attached hydrogens (tertiary/aromatic N) is 2. The summed E-state index contributed by atoms with van der Waals surface area (Å²) in [4.78, 5) is 10.6. The molecule has 5 heteroatoms. The van der Waals surface area contributed by atoms with Crippen molar-refractivity contribution < 1.29 is 14.3 Å². The van der Waals surface area contributed by atoms with Gasteiger partial charge in [-0.25, -0.2) is 4.79 Å². The van der Waals surface area contributed by atoms with Crippen LogP contribution in [0.25, 0.3) is 0 Å². The molecule has 1 aliphatic heterocycles. The van der Waals surface area contributed by atoms with Gasteiger partial charge in [0.2, 0.25) is 0 Å². The maximum absolute atomic E-state index is 10.6. The van der Waals surface area contributed by atoms with Gasteiger partial charge in [0.15, 0.2) is 0 Å². The Hall–Kier alpha value is -1.23. The zero-order chi connectivity index (χ0) is 9.52. The van der Waals surface area contributed by atoms with Crippen LogP contribution < -0.4 is 0 Å². The molecule has 0 saturated carbocycles. The van der Waals surface area contributed by atoms with Gasteiger partial charge in [-0.05, 0) is 0 Å². The van der Waals surface area contributed by atoms with E-state index in [0.717, 1.165) is 24.8 Å². The van der Waals surface area contributed by atoms with Crippen LogP contribution in [-0.4, -0.2) is 38.2 Å². The van der Waals surface area contributed by atoms with Gasteiger partial charge < -0.3 is 9.47 Å². The van der Waals surface area contributed by atoms with Crippen LogP contribution >= 0.6 is 0 Å². The Labute approximate surface area is 76.4 Å². The molecule has 0 amide bonds. The van der Waals surface area contributed by atoms with E-state index in [4.69, 9.17) is 4.74 Å². The standard InChI is InChI=1S/C8H12N2O3/c1-12-8(11)6-9-10-7-2-4-13-5-3-7/h6H,2-5H2,1H3/b9-6+. The van der Waals surface area contributed by atoms with Crippen molar-refractivity contribution in [2.45, 2.75) is 12.8 Å². The fourth-order valence-electron chi connectivity index (χ4n) is 0.917. The SMILES string of the molecule is COC(=O)/C=N/N=C1CCOCC1. The molecular weight excluding hydrogens is 172 g/mol. The first-order valence-electron chi connectivity index (χ1n) is 4.07. The first-order chi connectivity index (χ1) is 6.33. The van der Waals surface area contributed by atoms with Crippen LogP contribution in [0, 0.1) is 0 Å². The molecule has 1 saturated heterocycles. The fourth-order valence-corrected chi connectivity index (χ4v) is 0.917. The summed E-state index contributed by atoms with van der Waals surface area (Å²) in [6.45, 7) is 1.37. The second-order valence-electron chi connectivity index (χ2n) is 2.55. The van der Waals surface area contributed by atoms with Crippen molar-refractivity contribution in [2.24, 2.45) is 10.2 Å². The molecule has 5 nitrogen and oxygen atoms in total. The second kappa shape index (κ2) is 5.42. The molecule has 0 aromatic carbocycles. The van der Waals surface area contributed by atoms with E-state index in [1.165, 1.54) is 7.11 Å². The number of carbonyl (C=O) groups excluding carboxylic acids is 1. The van der Waals surface area contributed by atoms with Crippen LogP contribution in [0.2, 0.25) is 0 Å². The molecule has 0 aromatic rings. The lowest BCUT2D eigenvalue weighted by atomic mass is 10.2. The van der Waals surface area contributed by atoms with Gasteiger partial charge in [0.05, 0.1) is 20.3 Å². The Kier molecular flexibility index (Phi) is 4.11. The number of esters is 1. The average Bonchev–Trinajstić information content (AvgIpc) is 2.19. The third-order valence-electron chi connectivity index (χ3n) is 1.63. The first kappa shape index (κ1) is 9.85. The van der Waals surface area contributed by atoms with E-state index in [0.29, 0.717) is 13.2 Å². The topological polar surface area (TPSA) is 60.2 Å². The Morgan fingerprint density at radius 1 is 1.54 bits per heavy atom. The van der Waals surface area contributed by atoms with E-state index in [2.05, 4.69) is 14.9 Å². The molecule has 0 aromatic heterocycles. The van der Waals surface area contributed by atoms with Gasteiger partial charge in [-0.15, -0.1) is 0 Å². The van der Waals surface area contributed by atoms with Crippen molar-refractivity contribution in [3.05, 3.63) is 0 Å². The molecule has 0 atom stereocenters. The van der Waals surface area contributed by atoms with E-state index < -0.39 is 5.97 Å². The second-order valence-corrected chi connectivity index (χ2v) is 2.55. The quantitative estimate of drug-likeness (QED) is 0.354. The van der Waals surface area contributed by atoms with Gasteiger partial charge in [0, 0.05) is 18.6 Å². The lowest BCUT2D eigenvalue weighted by Gasteiger charge is -2.11. The number of hydrogen-bond donors (Lipinski definition) is 0. The van der Waals surface area contributed by atoms with Gasteiger partial charge in [0.1, 0.15) is 6.21 Å². The number of rotatable bonds is 2. The van der Waals surface area contributed by atoms with Crippen LogP contribution in [0.5, 0.6) is 0 Å². The van der Waals surface area contributed by atoms with Gasteiger partial charge in [-0.2, -0.15) is 10.2 Å². The lowest BCUT2D eigenvalue weighted by Crippen LogP contribution is -2.14. The highest BCUT2D eigenvalue weighted by Crippen LogP contribution is 2.02. The summed E-state index contributed by atoms with van der Waals surface area (Å²) in [5.41, 5.74) is 0.964. The Morgan fingerprint density at radius 2 is 2.23 bits per heavy atom. The molecular formula is C8H12N2O3. The lowest BCUT2D eigenvalue weighted by molar-refractivity contribution is -0.132. The first-order valence-corrected chi connectivity index (χ1v) is 4.07. The molecule has 0 N–H and O–H groups in total. The minimum Gasteiger partial charge on any atom is -0.465 e. The number of carbonyl (C=O) groups is 1. The predicted molar refractivity (Wildman–Crippen MR) is 48.0 cm³/mol. The van der Waals surface area contributed by atoms with Crippen LogP contribution in [0.1, 0.15) is 12.8 Å². The summed E-state index contributed by atoms with van der Waals surface area (Å²) in [5, 5.41) is 7.48. The molecule has 0 bridgehead atoms. The molecule has 1 aliphatic rings. The summed E-state index contributed by atoms with van der Waals surface area (Å²) < 4.78 is 9.48. The Morgan fingerprint density at radius 3 is 2.85 bits per heavy atom. The van der Waals surface area contributed by atoms with Crippen molar-refractivity contribution in [1.82, 2.24) is 0 Å². The van der Waals surface area contributed by atoms with Crippen molar-refractivity contribution in [3.63, 3.8) is 0 Å². The van der Waals surface area contributed by atoms with E-state index in [1.54, 1.807) is 0 Å². The summed E-state index contributed by atoms with van der Waals surface area (Å²) in [6, 6.07) is 0. The van der Waals surface area contributed by atoms with E-state index in [-0.39, 0.29) is 0 Å². The predicted octanol–water partition coefficient (Wildman–Crippen LogP) is 0.397.